The Labute approximate surface area is 162 Å². The molecule has 3 rings (SSSR count). The largest absolute Gasteiger partial charge is 0.347 e. The molecule has 0 aliphatic rings. The molecule has 0 unspecified atom stereocenters. The number of nitrogens with one attached hydrogen (secondary N) is 2. The maximum atomic E-state index is 12.5. The predicted octanol–water partition coefficient (Wildman–Crippen LogP) is 5.34. The number of aromatic nitrogens is 1. The topological polar surface area (TPSA) is 54.0 Å². The zero-order valence-electron chi connectivity index (χ0n) is 14.7. The third-order valence-corrected chi connectivity index (χ3v) is 5.33. The summed E-state index contributed by atoms with van der Waals surface area (Å²) in [5, 5.41) is 7.67. The molecule has 1 amide bonds. The standard InChI is InChI=1S/C20H20ClN3OS/c1-3-15-6-4-5-7-17(15)24-20-23-13(2)18(26-20)19(25)22-12-14-8-10-16(21)11-9-14/h4-11H,3,12H2,1-2H3,(H,22,25)(H,23,24). The second-order valence-corrected chi connectivity index (χ2v) is 7.31. The van der Waals surface area contributed by atoms with Gasteiger partial charge in [-0.05, 0) is 42.7 Å². The number of hydrogen-bond donors (Lipinski definition) is 2. The quantitative estimate of drug-likeness (QED) is 0.602. The van der Waals surface area contributed by atoms with E-state index in [0.29, 0.717) is 16.4 Å². The summed E-state index contributed by atoms with van der Waals surface area (Å²) in [6, 6.07) is 15.5. The van der Waals surface area contributed by atoms with Gasteiger partial charge in [0.1, 0.15) is 4.88 Å². The van der Waals surface area contributed by atoms with E-state index in [4.69, 9.17) is 11.6 Å². The van der Waals surface area contributed by atoms with Crippen molar-refractivity contribution in [3.8, 4) is 0 Å². The Balaban J connectivity index is 1.69. The predicted molar refractivity (Wildman–Crippen MR) is 109 cm³/mol. The van der Waals surface area contributed by atoms with Crippen molar-refractivity contribution < 1.29 is 4.79 Å². The normalized spacial score (nSPS) is 10.6. The minimum atomic E-state index is -0.119. The highest BCUT2D eigenvalue weighted by Crippen LogP contribution is 2.27. The molecule has 6 heteroatoms. The van der Waals surface area contributed by atoms with Crippen LogP contribution in [0.1, 0.15) is 33.4 Å². The minimum Gasteiger partial charge on any atom is -0.347 e. The van der Waals surface area contributed by atoms with Gasteiger partial charge in [-0.25, -0.2) is 4.98 Å². The van der Waals surface area contributed by atoms with E-state index in [-0.39, 0.29) is 5.91 Å². The molecule has 0 radical (unpaired) electrons. The molecule has 0 saturated carbocycles. The third kappa shape index (κ3) is 4.42. The van der Waals surface area contributed by atoms with Gasteiger partial charge in [0.15, 0.2) is 5.13 Å². The Kier molecular flexibility index (Phi) is 5.91. The number of anilines is 2. The van der Waals surface area contributed by atoms with Gasteiger partial charge < -0.3 is 10.6 Å². The lowest BCUT2D eigenvalue weighted by Crippen LogP contribution is -2.22. The van der Waals surface area contributed by atoms with Crippen molar-refractivity contribution in [1.29, 1.82) is 0 Å². The van der Waals surface area contributed by atoms with Gasteiger partial charge in [-0.1, -0.05) is 60.2 Å². The first-order valence-electron chi connectivity index (χ1n) is 8.42. The van der Waals surface area contributed by atoms with Crippen LogP contribution >= 0.6 is 22.9 Å². The fourth-order valence-electron chi connectivity index (χ4n) is 2.59. The van der Waals surface area contributed by atoms with Gasteiger partial charge in [0, 0.05) is 17.3 Å². The number of para-hydroxylation sites is 1. The molecule has 0 atom stereocenters. The molecule has 26 heavy (non-hydrogen) atoms. The SMILES string of the molecule is CCc1ccccc1Nc1nc(C)c(C(=O)NCc2ccc(Cl)cc2)s1. The van der Waals surface area contributed by atoms with Gasteiger partial charge in [0.2, 0.25) is 0 Å². The molecule has 0 bridgehead atoms. The van der Waals surface area contributed by atoms with Crippen LogP contribution in [-0.2, 0) is 13.0 Å². The van der Waals surface area contributed by atoms with Gasteiger partial charge in [-0.15, -0.1) is 0 Å². The van der Waals surface area contributed by atoms with Crippen molar-refractivity contribution in [2.45, 2.75) is 26.8 Å². The maximum Gasteiger partial charge on any atom is 0.263 e. The van der Waals surface area contributed by atoms with Crippen molar-refractivity contribution in [3.05, 3.63) is 75.3 Å². The fourth-order valence-corrected chi connectivity index (χ4v) is 3.61. The lowest BCUT2D eigenvalue weighted by Gasteiger charge is -2.07. The van der Waals surface area contributed by atoms with Crippen LogP contribution in [0.5, 0.6) is 0 Å². The van der Waals surface area contributed by atoms with Crippen LogP contribution in [0.4, 0.5) is 10.8 Å². The van der Waals surface area contributed by atoms with Crippen LogP contribution in [-0.4, -0.2) is 10.9 Å². The average molecular weight is 386 g/mol. The number of carbonyl (C=O) groups excluding carboxylic acids is 1. The van der Waals surface area contributed by atoms with Crippen LogP contribution in [0.15, 0.2) is 48.5 Å². The molecular weight excluding hydrogens is 366 g/mol. The monoisotopic (exact) mass is 385 g/mol. The lowest BCUT2D eigenvalue weighted by atomic mass is 10.1. The van der Waals surface area contributed by atoms with E-state index in [1.54, 1.807) is 0 Å². The highest BCUT2D eigenvalue weighted by atomic mass is 35.5. The van der Waals surface area contributed by atoms with E-state index in [9.17, 15) is 4.79 Å². The van der Waals surface area contributed by atoms with Crippen LogP contribution in [0, 0.1) is 6.92 Å². The van der Waals surface area contributed by atoms with Crippen molar-refractivity contribution in [1.82, 2.24) is 10.3 Å². The number of halogens is 1. The number of thiazole rings is 1. The third-order valence-electron chi connectivity index (χ3n) is 4.01. The van der Waals surface area contributed by atoms with Gasteiger partial charge in [-0.2, -0.15) is 0 Å². The van der Waals surface area contributed by atoms with E-state index < -0.39 is 0 Å². The molecule has 1 aromatic heterocycles. The van der Waals surface area contributed by atoms with Gasteiger partial charge >= 0.3 is 0 Å². The number of nitrogens with zero attached hydrogens (tertiary/aromatic N) is 1. The van der Waals surface area contributed by atoms with Crippen LogP contribution < -0.4 is 10.6 Å². The van der Waals surface area contributed by atoms with E-state index in [2.05, 4.69) is 28.6 Å². The van der Waals surface area contributed by atoms with E-state index in [1.165, 1.54) is 16.9 Å². The number of aryl methyl sites for hydroxylation is 2. The minimum absolute atomic E-state index is 0.119. The fraction of sp³-hybridized carbons (Fsp3) is 0.200. The zero-order chi connectivity index (χ0) is 18.5. The molecule has 2 aromatic carbocycles. The first kappa shape index (κ1) is 18.4. The lowest BCUT2D eigenvalue weighted by molar-refractivity contribution is 0.0954. The second kappa shape index (κ2) is 8.34. The number of benzene rings is 2. The molecule has 0 saturated heterocycles. The Morgan fingerprint density at radius 2 is 1.88 bits per heavy atom. The van der Waals surface area contributed by atoms with Crippen LogP contribution in [0.3, 0.4) is 0 Å². The molecule has 4 nitrogen and oxygen atoms in total. The summed E-state index contributed by atoms with van der Waals surface area (Å²) in [5.74, 6) is -0.119. The zero-order valence-corrected chi connectivity index (χ0v) is 16.2. The summed E-state index contributed by atoms with van der Waals surface area (Å²) in [4.78, 5) is 17.6. The number of rotatable bonds is 6. The molecule has 3 aromatic rings. The summed E-state index contributed by atoms with van der Waals surface area (Å²) in [6.07, 6.45) is 0.933. The second-order valence-electron chi connectivity index (χ2n) is 5.88. The molecule has 2 N–H and O–H groups in total. The van der Waals surface area contributed by atoms with E-state index in [1.807, 2.05) is 49.4 Å². The number of hydrogen-bond acceptors (Lipinski definition) is 4. The highest BCUT2D eigenvalue weighted by Gasteiger charge is 2.15. The van der Waals surface area contributed by atoms with Gasteiger partial charge in [0.05, 0.1) is 5.69 Å². The molecule has 134 valence electrons. The molecule has 0 spiro atoms. The summed E-state index contributed by atoms with van der Waals surface area (Å²) in [7, 11) is 0. The van der Waals surface area contributed by atoms with Crippen molar-refractivity contribution in [2.24, 2.45) is 0 Å². The van der Waals surface area contributed by atoms with Crippen molar-refractivity contribution in [3.63, 3.8) is 0 Å². The summed E-state index contributed by atoms with van der Waals surface area (Å²) in [6.45, 7) is 4.42. The summed E-state index contributed by atoms with van der Waals surface area (Å²) < 4.78 is 0. The molecule has 0 aliphatic carbocycles. The van der Waals surface area contributed by atoms with Gasteiger partial charge in [-0.3, -0.25) is 4.79 Å². The molecule has 0 aliphatic heterocycles. The Morgan fingerprint density at radius 1 is 1.15 bits per heavy atom. The first-order chi connectivity index (χ1) is 12.6. The Morgan fingerprint density at radius 3 is 2.62 bits per heavy atom. The molecular formula is C20H20ClN3OS. The smallest absolute Gasteiger partial charge is 0.263 e. The van der Waals surface area contributed by atoms with Crippen LogP contribution in [0.25, 0.3) is 0 Å². The number of carbonyl (C=O) groups is 1. The number of amides is 1. The van der Waals surface area contributed by atoms with Crippen molar-refractivity contribution in [2.75, 3.05) is 5.32 Å². The average Bonchev–Trinajstić information content (AvgIpc) is 3.02. The Bertz CT molecular complexity index is 906. The van der Waals surface area contributed by atoms with Gasteiger partial charge in [0.25, 0.3) is 5.91 Å². The van der Waals surface area contributed by atoms with E-state index in [0.717, 1.165) is 28.5 Å². The van der Waals surface area contributed by atoms with E-state index >= 15 is 0 Å². The molecule has 1 heterocycles. The first-order valence-corrected chi connectivity index (χ1v) is 9.61. The molecule has 0 fully saturated rings. The summed E-state index contributed by atoms with van der Waals surface area (Å²) >= 11 is 7.24. The van der Waals surface area contributed by atoms with Crippen LogP contribution in [0.2, 0.25) is 5.02 Å². The Hall–Kier alpha value is -2.37. The van der Waals surface area contributed by atoms with Crippen molar-refractivity contribution >= 4 is 39.7 Å². The highest BCUT2D eigenvalue weighted by molar-refractivity contribution is 7.17. The summed E-state index contributed by atoms with van der Waals surface area (Å²) in [5.41, 5.74) is 3.96. The maximum absolute atomic E-state index is 12.5.